The van der Waals surface area contributed by atoms with Crippen LogP contribution in [-0.2, 0) is 6.54 Å². The molecule has 0 fully saturated rings. The second-order valence-electron chi connectivity index (χ2n) is 4.50. The van der Waals surface area contributed by atoms with Crippen molar-refractivity contribution in [1.29, 1.82) is 0 Å². The molecule has 1 rings (SSSR count). The Kier molecular flexibility index (Phi) is 6.05. The molecule has 1 aromatic carbocycles. The number of nitrogens with two attached hydrogens (primary N) is 1. The zero-order valence-electron chi connectivity index (χ0n) is 11.4. The van der Waals surface area contributed by atoms with E-state index >= 15 is 0 Å². The molecule has 0 radical (unpaired) electrons. The molecule has 0 unspecified atom stereocenters. The number of nitrogens with one attached hydrogen (secondary N) is 1. The highest BCUT2D eigenvalue weighted by Gasteiger charge is 1.98. The van der Waals surface area contributed by atoms with E-state index in [0.29, 0.717) is 18.5 Å². The largest absolute Gasteiger partial charge is 0.494 e. The molecule has 0 heterocycles. The molecular weight excluding hydrogens is 226 g/mol. The second kappa shape index (κ2) is 7.58. The van der Waals surface area contributed by atoms with Crippen LogP contribution < -0.4 is 15.8 Å². The molecule has 18 heavy (non-hydrogen) atoms. The smallest absolute Gasteiger partial charge is 0.189 e. The molecule has 0 atom stereocenters. The summed E-state index contributed by atoms with van der Waals surface area (Å²) in [6.45, 7) is 7.45. The fourth-order valence-corrected chi connectivity index (χ4v) is 1.47. The van der Waals surface area contributed by atoms with Crippen molar-refractivity contribution in [3.63, 3.8) is 0 Å². The van der Waals surface area contributed by atoms with Crippen LogP contribution in [0.1, 0.15) is 32.8 Å². The predicted molar refractivity (Wildman–Crippen MR) is 75.8 cm³/mol. The van der Waals surface area contributed by atoms with Crippen LogP contribution in [0.2, 0.25) is 0 Å². The van der Waals surface area contributed by atoms with Gasteiger partial charge in [-0.2, -0.15) is 0 Å². The van der Waals surface area contributed by atoms with Gasteiger partial charge < -0.3 is 15.8 Å². The van der Waals surface area contributed by atoms with Gasteiger partial charge in [0.25, 0.3) is 0 Å². The van der Waals surface area contributed by atoms with E-state index < -0.39 is 0 Å². The first-order chi connectivity index (χ1) is 8.61. The fourth-order valence-electron chi connectivity index (χ4n) is 1.47. The third kappa shape index (κ3) is 5.57. The van der Waals surface area contributed by atoms with Crippen LogP contribution in [-0.4, -0.2) is 18.6 Å². The van der Waals surface area contributed by atoms with Crippen LogP contribution in [0.25, 0.3) is 0 Å². The van der Waals surface area contributed by atoms with Gasteiger partial charge in [0.15, 0.2) is 5.96 Å². The van der Waals surface area contributed by atoms with Crippen molar-refractivity contribution in [2.75, 3.05) is 6.61 Å². The molecule has 100 valence electrons. The topological polar surface area (TPSA) is 59.6 Å². The molecule has 0 aliphatic rings. The maximum atomic E-state index is 5.75. The van der Waals surface area contributed by atoms with Gasteiger partial charge in [0, 0.05) is 6.04 Å². The van der Waals surface area contributed by atoms with Crippen molar-refractivity contribution in [3.8, 4) is 5.75 Å². The van der Waals surface area contributed by atoms with Crippen molar-refractivity contribution >= 4 is 5.96 Å². The van der Waals surface area contributed by atoms with Gasteiger partial charge in [-0.1, -0.05) is 19.1 Å². The van der Waals surface area contributed by atoms with Crippen LogP contribution in [0, 0.1) is 0 Å². The molecule has 1 aromatic rings. The van der Waals surface area contributed by atoms with Crippen LogP contribution in [0.5, 0.6) is 5.75 Å². The number of aliphatic imine (C=N–C) groups is 1. The Morgan fingerprint density at radius 3 is 2.89 bits per heavy atom. The number of nitrogens with zero attached hydrogens (tertiary/aromatic N) is 1. The van der Waals surface area contributed by atoms with E-state index in [1.54, 1.807) is 0 Å². The highest BCUT2D eigenvalue weighted by atomic mass is 16.5. The lowest BCUT2D eigenvalue weighted by Gasteiger charge is -2.09. The van der Waals surface area contributed by atoms with E-state index in [9.17, 15) is 0 Å². The average Bonchev–Trinajstić information content (AvgIpc) is 2.33. The lowest BCUT2D eigenvalue weighted by atomic mass is 10.2. The number of hydrogen-bond acceptors (Lipinski definition) is 2. The van der Waals surface area contributed by atoms with E-state index in [2.05, 4.69) is 17.2 Å². The van der Waals surface area contributed by atoms with Gasteiger partial charge >= 0.3 is 0 Å². The second-order valence-corrected chi connectivity index (χ2v) is 4.50. The van der Waals surface area contributed by atoms with Crippen LogP contribution in [0.15, 0.2) is 29.3 Å². The normalized spacial score (nSPS) is 11.7. The quantitative estimate of drug-likeness (QED) is 0.600. The Bertz CT molecular complexity index is 388. The summed E-state index contributed by atoms with van der Waals surface area (Å²) in [4.78, 5) is 4.28. The first-order valence-corrected chi connectivity index (χ1v) is 6.40. The van der Waals surface area contributed by atoms with Gasteiger partial charge in [0.2, 0.25) is 0 Å². The summed E-state index contributed by atoms with van der Waals surface area (Å²) in [5.41, 5.74) is 6.84. The molecule has 3 N–H and O–H groups in total. The van der Waals surface area contributed by atoms with Crippen molar-refractivity contribution in [1.82, 2.24) is 5.32 Å². The zero-order valence-corrected chi connectivity index (χ0v) is 11.4. The number of ether oxygens (including phenoxy) is 1. The molecule has 0 spiro atoms. The molecule has 0 bridgehead atoms. The summed E-state index contributed by atoms with van der Waals surface area (Å²) in [7, 11) is 0. The highest BCUT2D eigenvalue weighted by molar-refractivity contribution is 5.78. The Morgan fingerprint density at radius 2 is 2.22 bits per heavy atom. The standard InChI is InChI=1S/C14H23N3O/c1-4-8-18-13-7-5-6-12(9-13)10-16-14(15)17-11(2)3/h5-7,9,11H,4,8,10H2,1-3H3,(H3,15,16,17). The maximum Gasteiger partial charge on any atom is 0.189 e. The molecular formula is C14H23N3O. The summed E-state index contributed by atoms with van der Waals surface area (Å²) in [5.74, 6) is 1.37. The summed E-state index contributed by atoms with van der Waals surface area (Å²) >= 11 is 0. The van der Waals surface area contributed by atoms with E-state index in [0.717, 1.165) is 24.3 Å². The summed E-state index contributed by atoms with van der Waals surface area (Å²) in [6.07, 6.45) is 1.01. The Balaban J connectivity index is 2.56. The SMILES string of the molecule is CCCOc1cccc(CN=C(N)NC(C)C)c1. The first kappa shape index (κ1) is 14.4. The van der Waals surface area contributed by atoms with Gasteiger partial charge in [0.1, 0.15) is 5.75 Å². The van der Waals surface area contributed by atoms with Crippen molar-refractivity contribution in [2.24, 2.45) is 10.7 Å². The fraction of sp³-hybridized carbons (Fsp3) is 0.500. The Labute approximate surface area is 109 Å². The van der Waals surface area contributed by atoms with E-state index in [-0.39, 0.29) is 0 Å². The number of rotatable bonds is 6. The third-order valence-corrected chi connectivity index (χ3v) is 2.24. The molecule has 0 saturated carbocycles. The summed E-state index contributed by atoms with van der Waals surface area (Å²) in [5, 5.41) is 3.06. The van der Waals surface area contributed by atoms with Gasteiger partial charge in [0.05, 0.1) is 13.2 Å². The summed E-state index contributed by atoms with van der Waals surface area (Å²) in [6, 6.07) is 8.25. The third-order valence-electron chi connectivity index (χ3n) is 2.24. The molecule has 0 aromatic heterocycles. The molecule has 4 heteroatoms. The lowest BCUT2D eigenvalue weighted by Crippen LogP contribution is -2.36. The maximum absolute atomic E-state index is 5.75. The minimum Gasteiger partial charge on any atom is -0.494 e. The Hall–Kier alpha value is -1.71. The van der Waals surface area contributed by atoms with Crippen molar-refractivity contribution in [3.05, 3.63) is 29.8 Å². The molecule has 0 saturated heterocycles. The van der Waals surface area contributed by atoms with Gasteiger partial charge in [-0.3, -0.25) is 0 Å². The van der Waals surface area contributed by atoms with Gasteiger partial charge in [-0.25, -0.2) is 4.99 Å². The van der Waals surface area contributed by atoms with Crippen LogP contribution in [0.3, 0.4) is 0 Å². The molecule has 0 amide bonds. The van der Waals surface area contributed by atoms with Crippen molar-refractivity contribution < 1.29 is 4.74 Å². The first-order valence-electron chi connectivity index (χ1n) is 6.40. The average molecular weight is 249 g/mol. The van der Waals surface area contributed by atoms with Crippen LogP contribution in [0.4, 0.5) is 0 Å². The molecule has 0 aliphatic carbocycles. The minimum absolute atomic E-state index is 0.299. The van der Waals surface area contributed by atoms with Crippen LogP contribution >= 0.6 is 0 Å². The molecule has 4 nitrogen and oxygen atoms in total. The minimum atomic E-state index is 0.299. The van der Waals surface area contributed by atoms with Crippen molar-refractivity contribution in [2.45, 2.75) is 39.8 Å². The van der Waals surface area contributed by atoms with Gasteiger partial charge in [-0.05, 0) is 38.0 Å². The number of guanidine groups is 1. The zero-order chi connectivity index (χ0) is 13.4. The van der Waals surface area contributed by atoms with E-state index in [1.807, 2.05) is 38.1 Å². The number of hydrogen-bond donors (Lipinski definition) is 2. The highest BCUT2D eigenvalue weighted by Crippen LogP contribution is 2.14. The van der Waals surface area contributed by atoms with Gasteiger partial charge in [-0.15, -0.1) is 0 Å². The monoisotopic (exact) mass is 249 g/mol. The predicted octanol–water partition coefficient (Wildman–Crippen LogP) is 2.29. The van der Waals surface area contributed by atoms with E-state index in [4.69, 9.17) is 10.5 Å². The number of benzene rings is 1. The lowest BCUT2D eigenvalue weighted by molar-refractivity contribution is 0.317. The molecule has 0 aliphatic heterocycles. The summed E-state index contributed by atoms with van der Waals surface area (Å²) < 4.78 is 5.57. The van der Waals surface area contributed by atoms with E-state index in [1.165, 1.54) is 0 Å². The Morgan fingerprint density at radius 1 is 1.44 bits per heavy atom.